The lowest BCUT2D eigenvalue weighted by molar-refractivity contribution is -0.139. The van der Waals surface area contributed by atoms with Gasteiger partial charge in [-0.25, -0.2) is 8.78 Å². The van der Waals surface area contributed by atoms with Gasteiger partial charge in [0.05, 0.1) is 0 Å². The van der Waals surface area contributed by atoms with Crippen molar-refractivity contribution in [2.45, 2.75) is 43.9 Å². The van der Waals surface area contributed by atoms with Crippen LogP contribution in [-0.2, 0) is 22.4 Å². The third kappa shape index (κ3) is 8.88. The molecule has 3 unspecified atom stereocenters. The van der Waals surface area contributed by atoms with Crippen LogP contribution in [0.5, 0.6) is 0 Å². The van der Waals surface area contributed by atoms with E-state index in [-0.39, 0.29) is 24.3 Å². The molecule has 3 atom stereocenters. The van der Waals surface area contributed by atoms with Crippen LogP contribution < -0.4 is 16.8 Å². The molecule has 0 spiro atoms. The first-order chi connectivity index (χ1) is 15.7. The van der Waals surface area contributed by atoms with Crippen molar-refractivity contribution in [3.63, 3.8) is 0 Å². The van der Waals surface area contributed by atoms with Crippen LogP contribution in [0.2, 0.25) is 0 Å². The number of nitrogens with one attached hydrogen (secondary N) is 1. The number of carbonyl (C=O) groups excluding carboxylic acids is 2. The van der Waals surface area contributed by atoms with Crippen LogP contribution in [0.1, 0.15) is 24.0 Å². The lowest BCUT2D eigenvalue weighted by atomic mass is 10.0. The Hall–Kier alpha value is -2.88. The molecule has 0 fully saturated rings. The maximum absolute atomic E-state index is 13.7. The summed E-state index contributed by atoms with van der Waals surface area (Å²) in [5.74, 6) is -1.93. The summed E-state index contributed by atoms with van der Waals surface area (Å²) in [6, 6.07) is 11.1. The Kier molecular flexibility index (Phi) is 10.4. The smallest absolute Gasteiger partial charge is 0.252 e. The number of amides is 2. The zero-order valence-corrected chi connectivity index (χ0v) is 18.7. The van der Waals surface area contributed by atoms with Gasteiger partial charge in [0.2, 0.25) is 5.91 Å². The molecular weight excluding hydrogens is 430 g/mol. The topological polar surface area (TPSA) is 122 Å². The Morgan fingerprint density at radius 2 is 1.79 bits per heavy atom. The molecule has 0 bridgehead atoms. The van der Waals surface area contributed by atoms with E-state index in [0.717, 1.165) is 23.8 Å². The molecule has 0 aliphatic rings. The van der Waals surface area contributed by atoms with Crippen molar-refractivity contribution in [1.29, 1.82) is 0 Å². The van der Waals surface area contributed by atoms with Gasteiger partial charge in [-0.15, -0.1) is 0 Å². The molecule has 2 amide bonds. The highest BCUT2D eigenvalue weighted by Crippen LogP contribution is 2.12. The average molecular weight is 463 g/mol. The fraction of sp³-hybridized carbons (Fsp3) is 0.417. The quantitative estimate of drug-likeness (QED) is 0.352. The van der Waals surface area contributed by atoms with E-state index in [4.69, 9.17) is 11.5 Å². The van der Waals surface area contributed by atoms with Gasteiger partial charge in [0, 0.05) is 38.6 Å². The molecule has 0 aliphatic carbocycles. The third-order valence-electron chi connectivity index (χ3n) is 5.28. The number of likely N-dealkylation sites (N-methyl/N-ethyl adjacent to an activating group) is 1. The average Bonchev–Trinajstić information content (AvgIpc) is 2.78. The number of aliphatic hydroxyl groups excluding tert-OH is 1. The minimum Gasteiger partial charge on any atom is -0.382 e. The second kappa shape index (κ2) is 13.0. The summed E-state index contributed by atoms with van der Waals surface area (Å²) in [4.78, 5) is 25.8. The van der Waals surface area contributed by atoms with E-state index in [0.29, 0.717) is 25.9 Å². The van der Waals surface area contributed by atoms with E-state index >= 15 is 0 Å². The van der Waals surface area contributed by atoms with Gasteiger partial charge in [-0.05, 0) is 48.6 Å². The molecule has 6 N–H and O–H groups in total. The first-order valence-corrected chi connectivity index (χ1v) is 10.9. The second-order valence-corrected chi connectivity index (χ2v) is 8.17. The van der Waals surface area contributed by atoms with Crippen LogP contribution in [0.25, 0.3) is 0 Å². The maximum Gasteiger partial charge on any atom is 0.252 e. The summed E-state index contributed by atoms with van der Waals surface area (Å²) in [7, 11) is 1.56. The molecule has 7 nitrogen and oxygen atoms in total. The molecule has 0 aromatic heterocycles. The normalized spacial score (nSPS) is 13.8. The van der Waals surface area contributed by atoms with Crippen LogP contribution >= 0.6 is 0 Å². The highest BCUT2D eigenvalue weighted by molar-refractivity contribution is 5.81. The first kappa shape index (κ1) is 26.4. The van der Waals surface area contributed by atoms with Crippen LogP contribution in [-0.4, -0.2) is 60.1 Å². The maximum atomic E-state index is 13.7. The number of carbonyl (C=O) groups is 2. The molecule has 2 aromatic rings. The zero-order valence-electron chi connectivity index (χ0n) is 18.7. The number of hydrogen-bond donors (Lipinski definition) is 4. The summed E-state index contributed by atoms with van der Waals surface area (Å²) >= 11 is 0. The molecule has 2 aromatic carbocycles. The van der Waals surface area contributed by atoms with Crippen molar-refractivity contribution in [2.75, 3.05) is 20.1 Å². The predicted octanol–water partition coefficient (Wildman–Crippen LogP) is 1.12. The number of hydrogen-bond acceptors (Lipinski definition) is 5. The molecule has 2 rings (SSSR count). The predicted molar refractivity (Wildman–Crippen MR) is 122 cm³/mol. The van der Waals surface area contributed by atoms with Gasteiger partial charge in [0.1, 0.15) is 17.7 Å². The van der Waals surface area contributed by atoms with Gasteiger partial charge in [-0.2, -0.15) is 0 Å². The van der Waals surface area contributed by atoms with Crippen LogP contribution in [0.4, 0.5) is 8.78 Å². The molecule has 0 saturated heterocycles. The van der Waals surface area contributed by atoms with Gasteiger partial charge in [0.25, 0.3) is 5.91 Å². The van der Waals surface area contributed by atoms with Crippen LogP contribution in [0.3, 0.4) is 0 Å². The Morgan fingerprint density at radius 3 is 2.48 bits per heavy atom. The summed E-state index contributed by atoms with van der Waals surface area (Å²) in [5, 5.41) is 13.0. The van der Waals surface area contributed by atoms with Gasteiger partial charge in [0.15, 0.2) is 0 Å². The van der Waals surface area contributed by atoms with Crippen molar-refractivity contribution in [3.8, 4) is 0 Å². The van der Waals surface area contributed by atoms with Crippen LogP contribution in [0, 0.1) is 11.6 Å². The van der Waals surface area contributed by atoms with Gasteiger partial charge < -0.3 is 26.8 Å². The lowest BCUT2D eigenvalue weighted by Gasteiger charge is -2.24. The largest absolute Gasteiger partial charge is 0.382 e. The van der Waals surface area contributed by atoms with E-state index in [2.05, 4.69) is 5.32 Å². The Balaban J connectivity index is 1.67. The second-order valence-electron chi connectivity index (χ2n) is 8.17. The molecule has 9 heteroatoms. The van der Waals surface area contributed by atoms with E-state index in [9.17, 15) is 23.5 Å². The number of nitrogens with two attached hydrogens (primary N) is 2. The molecular formula is C24H32F2N4O3. The summed E-state index contributed by atoms with van der Waals surface area (Å²) < 4.78 is 26.9. The highest BCUT2D eigenvalue weighted by Gasteiger charge is 2.25. The highest BCUT2D eigenvalue weighted by atomic mass is 19.1. The van der Waals surface area contributed by atoms with E-state index in [1.54, 1.807) is 7.05 Å². The molecule has 180 valence electrons. The zero-order chi connectivity index (χ0) is 24.4. The fourth-order valence-corrected chi connectivity index (χ4v) is 3.43. The molecule has 0 radical (unpaired) electrons. The monoisotopic (exact) mass is 462 g/mol. The Morgan fingerprint density at radius 1 is 1.09 bits per heavy atom. The van der Waals surface area contributed by atoms with Crippen molar-refractivity contribution in [1.82, 2.24) is 10.2 Å². The van der Waals surface area contributed by atoms with Crippen molar-refractivity contribution < 1.29 is 23.5 Å². The SMILES string of the molecule is CN(CCCNC(=O)CC(N)Cc1cc(F)ccc1F)C(=O)C(O)C(N)Cc1ccccc1. The first-order valence-electron chi connectivity index (χ1n) is 10.9. The van der Waals surface area contributed by atoms with Crippen LogP contribution in [0.15, 0.2) is 48.5 Å². The number of nitrogens with zero attached hydrogens (tertiary/aromatic N) is 1. The molecule has 33 heavy (non-hydrogen) atoms. The van der Waals surface area contributed by atoms with E-state index in [1.165, 1.54) is 4.90 Å². The third-order valence-corrected chi connectivity index (χ3v) is 5.28. The standard InChI is InChI=1S/C24H32F2N4O3/c1-30(24(33)23(32)21(28)12-16-6-3-2-4-7-16)11-5-10-29-22(31)15-19(27)14-17-13-18(25)8-9-20(17)26/h2-4,6-9,13,19,21,23,32H,5,10-12,14-15,27-28H2,1H3,(H,29,31). The number of rotatable bonds is 12. The number of halogens is 2. The molecule has 0 heterocycles. The number of aliphatic hydroxyl groups is 1. The van der Waals surface area contributed by atoms with Gasteiger partial charge >= 0.3 is 0 Å². The van der Waals surface area contributed by atoms with E-state index in [1.807, 2.05) is 30.3 Å². The summed E-state index contributed by atoms with van der Waals surface area (Å²) in [6.07, 6.45) is -0.501. The summed E-state index contributed by atoms with van der Waals surface area (Å²) in [6.45, 7) is 0.610. The van der Waals surface area contributed by atoms with Gasteiger partial charge in [-0.1, -0.05) is 30.3 Å². The van der Waals surface area contributed by atoms with Crippen molar-refractivity contribution >= 4 is 11.8 Å². The minimum absolute atomic E-state index is 0.0371. The summed E-state index contributed by atoms with van der Waals surface area (Å²) in [5.41, 5.74) is 12.9. The Labute approximate surface area is 192 Å². The minimum atomic E-state index is -1.33. The lowest BCUT2D eigenvalue weighted by Crippen LogP contribution is -2.48. The number of benzene rings is 2. The van der Waals surface area contributed by atoms with E-state index < -0.39 is 35.7 Å². The van der Waals surface area contributed by atoms with Crippen molar-refractivity contribution in [2.24, 2.45) is 11.5 Å². The fourth-order valence-electron chi connectivity index (χ4n) is 3.43. The molecule has 0 saturated carbocycles. The van der Waals surface area contributed by atoms with Gasteiger partial charge in [-0.3, -0.25) is 9.59 Å². The Bertz CT molecular complexity index is 914. The molecule has 0 aliphatic heterocycles. The van der Waals surface area contributed by atoms with Crippen molar-refractivity contribution in [3.05, 3.63) is 71.3 Å².